The van der Waals surface area contributed by atoms with Gasteiger partial charge in [0.15, 0.2) is 0 Å². The second-order valence-corrected chi connectivity index (χ2v) is 6.67. The molecule has 0 aromatic heterocycles. The molecule has 0 atom stereocenters. The van der Waals surface area contributed by atoms with Gasteiger partial charge in [-0.25, -0.2) is 0 Å². The summed E-state index contributed by atoms with van der Waals surface area (Å²) in [6.07, 6.45) is 3.18. The van der Waals surface area contributed by atoms with Gasteiger partial charge in [0.25, 0.3) is 0 Å². The average Bonchev–Trinajstić information content (AvgIpc) is 2.41. The van der Waals surface area contributed by atoms with Crippen LogP contribution >= 0.6 is 0 Å². The number of amides is 2. The van der Waals surface area contributed by atoms with Crippen molar-refractivity contribution in [3.05, 3.63) is 41.5 Å². The largest absolute Gasteiger partial charge is 0.350 e. The van der Waals surface area contributed by atoms with Gasteiger partial charge in [-0.15, -0.1) is 0 Å². The van der Waals surface area contributed by atoms with Crippen LogP contribution in [0.3, 0.4) is 0 Å². The molecule has 0 aliphatic heterocycles. The van der Waals surface area contributed by atoms with E-state index in [9.17, 15) is 9.59 Å². The number of hydrogen-bond donors (Lipinski definition) is 2. The lowest BCUT2D eigenvalue weighted by Gasteiger charge is -2.20. The highest BCUT2D eigenvalue weighted by Gasteiger charge is 2.13. The molecule has 0 bridgehead atoms. The van der Waals surface area contributed by atoms with Gasteiger partial charge in [0.2, 0.25) is 11.8 Å². The van der Waals surface area contributed by atoms with E-state index in [1.165, 1.54) is 11.6 Å². The minimum absolute atomic E-state index is 0.0211. The van der Waals surface area contributed by atoms with Crippen molar-refractivity contribution >= 4 is 17.9 Å². The van der Waals surface area contributed by atoms with E-state index in [1.807, 2.05) is 32.9 Å². The lowest BCUT2D eigenvalue weighted by atomic mass is 10.0. The highest BCUT2D eigenvalue weighted by atomic mass is 16.2. The topological polar surface area (TPSA) is 58.2 Å². The van der Waals surface area contributed by atoms with E-state index in [0.717, 1.165) is 5.56 Å². The van der Waals surface area contributed by atoms with Gasteiger partial charge in [-0.2, -0.15) is 0 Å². The molecule has 0 unspecified atom stereocenters. The Morgan fingerprint density at radius 1 is 1.14 bits per heavy atom. The summed E-state index contributed by atoms with van der Waals surface area (Å²) in [5.74, 6) is 0.00943. The molecule has 2 amide bonds. The molecule has 120 valence electrons. The van der Waals surface area contributed by atoms with Gasteiger partial charge in [-0.1, -0.05) is 38.1 Å². The second kappa shape index (κ2) is 7.78. The molecule has 1 aromatic rings. The van der Waals surface area contributed by atoms with Crippen LogP contribution in [0.5, 0.6) is 0 Å². The molecule has 0 heterocycles. The lowest BCUT2D eigenvalue weighted by molar-refractivity contribution is -0.124. The molecule has 0 radical (unpaired) electrons. The van der Waals surface area contributed by atoms with Crippen LogP contribution in [0.1, 0.15) is 51.7 Å². The summed E-state index contributed by atoms with van der Waals surface area (Å²) >= 11 is 0. The summed E-state index contributed by atoms with van der Waals surface area (Å²) < 4.78 is 0. The molecular formula is C18H26N2O2. The molecule has 1 rings (SSSR count). The smallest absolute Gasteiger partial charge is 0.244 e. The van der Waals surface area contributed by atoms with Crippen molar-refractivity contribution < 1.29 is 9.59 Å². The van der Waals surface area contributed by atoms with E-state index < -0.39 is 0 Å². The van der Waals surface area contributed by atoms with Crippen LogP contribution in [0.2, 0.25) is 0 Å². The van der Waals surface area contributed by atoms with Crippen molar-refractivity contribution in [1.29, 1.82) is 0 Å². The minimum Gasteiger partial charge on any atom is -0.350 e. The third-order valence-corrected chi connectivity index (χ3v) is 2.97. The Labute approximate surface area is 133 Å². The molecule has 0 fully saturated rings. The average molecular weight is 302 g/mol. The third kappa shape index (κ3) is 7.07. The Morgan fingerprint density at radius 3 is 2.23 bits per heavy atom. The number of benzene rings is 1. The van der Waals surface area contributed by atoms with Gasteiger partial charge < -0.3 is 10.6 Å². The summed E-state index contributed by atoms with van der Waals surface area (Å²) in [4.78, 5) is 23.3. The van der Waals surface area contributed by atoms with Crippen LogP contribution in [0.4, 0.5) is 0 Å². The molecular weight excluding hydrogens is 276 g/mol. The lowest BCUT2D eigenvalue weighted by Crippen LogP contribution is -2.45. The predicted molar refractivity (Wildman–Crippen MR) is 90.5 cm³/mol. The van der Waals surface area contributed by atoms with Crippen molar-refractivity contribution in [3.8, 4) is 0 Å². The number of nitrogens with one attached hydrogen (secondary N) is 2. The highest BCUT2D eigenvalue weighted by molar-refractivity contribution is 5.94. The van der Waals surface area contributed by atoms with Gasteiger partial charge in [0.1, 0.15) is 0 Å². The SMILES string of the molecule is CC(C)c1ccc(C=CC(=O)NCC(=O)NC(C)(C)C)cc1. The Bertz CT molecular complexity index is 537. The summed E-state index contributed by atoms with van der Waals surface area (Å²) in [5, 5.41) is 5.35. The van der Waals surface area contributed by atoms with E-state index in [0.29, 0.717) is 5.92 Å². The Balaban J connectivity index is 2.46. The van der Waals surface area contributed by atoms with Crippen LogP contribution < -0.4 is 10.6 Å². The number of carbonyl (C=O) groups is 2. The van der Waals surface area contributed by atoms with E-state index in [4.69, 9.17) is 0 Å². The van der Waals surface area contributed by atoms with Crippen molar-refractivity contribution in [2.45, 2.75) is 46.1 Å². The highest BCUT2D eigenvalue weighted by Crippen LogP contribution is 2.15. The van der Waals surface area contributed by atoms with Gasteiger partial charge in [-0.3, -0.25) is 9.59 Å². The summed E-state index contributed by atoms with van der Waals surface area (Å²) in [6, 6.07) is 8.06. The van der Waals surface area contributed by atoms with E-state index in [-0.39, 0.29) is 23.9 Å². The first-order valence-electron chi connectivity index (χ1n) is 7.54. The maximum absolute atomic E-state index is 11.7. The fourth-order valence-corrected chi connectivity index (χ4v) is 1.85. The molecule has 1 aromatic carbocycles. The van der Waals surface area contributed by atoms with E-state index in [1.54, 1.807) is 6.08 Å². The number of hydrogen-bond acceptors (Lipinski definition) is 2. The summed E-state index contributed by atoms with van der Waals surface area (Å²) in [7, 11) is 0. The van der Waals surface area contributed by atoms with Gasteiger partial charge in [-0.05, 0) is 43.9 Å². The molecule has 0 spiro atoms. The van der Waals surface area contributed by atoms with Crippen LogP contribution in [0.15, 0.2) is 30.3 Å². The van der Waals surface area contributed by atoms with Crippen LogP contribution in [0.25, 0.3) is 6.08 Å². The standard InChI is InChI=1S/C18H26N2O2/c1-13(2)15-9-6-14(7-10-15)8-11-16(21)19-12-17(22)20-18(3,4)5/h6-11,13H,12H2,1-5H3,(H,19,21)(H,20,22). The van der Waals surface area contributed by atoms with Crippen LogP contribution in [-0.2, 0) is 9.59 Å². The first kappa shape index (κ1) is 18.0. The Hall–Kier alpha value is -2.10. The molecule has 0 aliphatic rings. The van der Waals surface area contributed by atoms with Gasteiger partial charge in [0.05, 0.1) is 6.54 Å². The molecule has 22 heavy (non-hydrogen) atoms. The maximum atomic E-state index is 11.7. The van der Waals surface area contributed by atoms with Gasteiger partial charge >= 0.3 is 0 Å². The molecule has 0 aliphatic carbocycles. The monoisotopic (exact) mass is 302 g/mol. The zero-order valence-electron chi connectivity index (χ0n) is 14.1. The molecule has 4 heteroatoms. The van der Waals surface area contributed by atoms with Crippen molar-refractivity contribution in [1.82, 2.24) is 10.6 Å². The molecule has 0 saturated carbocycles. The molecule has 4 nitrogen and oxygen atoms in total. The summed E-state index contributed by atoms with van der Waals surface area (Å²) in [6.45, 7) is 9.95. The quantitative estimate of drug-likeness (QED) is 0.822. The third-order valence-electron chi connectivity index (χ3n) is 2.97. The van der Waals surface area contributed by atoms with Crippen molar-refractivity contribution in [3.63, 3.8) is 0 Å². The first-order valence-corrected chi connectivity index (χ1v) is 7.54. The molecule has 0 saturated heterocycles. The second-order valence-electron chi connectivity index (χ2n) is 6.67. The van der Waals surface area contributed by atoms with Gasteiger partial charge in [0, 0.05) is 11.6 Å². The fraction of sp³-hybridized carbons (Fsp3) is 0.444. The maximum Gasteiger partial charge on any atom is 0.244 e. The zero-order chi connectivity index (χ0) is 16.8. The normalized spacial score (nSPS) is 11.7. The Morgan fingerprint density at radius 2 is 1.73 bits per heavy atom. The number of carbonyl (C=O) groups excluding carboxylic acids is 2. The van der Waals surface area contributed by atoms with E-state index >= 15 is 0 Å². The predicted octanol–water partition coefficient (Wildman–Crippen LogP) is 2.85. The van der Waals surface area contributed by atoms with Crippen LogP contribution in [0, 0.1) is 0 Å². The van der Waals surface area contributed by atoms with Crippen molar-refractivity contribution in [2.75, 3.05) is 6.54 Å². The van der Waals surface area contributed by atoms with E-state index in [2.05, 4.69) is 36.6 Å². The minimum atomic E-state index is -0.296. The zero-order valence-corrected chi connectivity index (χ0v) is 14.1. The van der Waals surface area contributed by atoms with Crippen LogP contribution in [-0.4, -0.2) is 23.9 Å². The summed E-state index contributed by atoms with van der Waals surface area (Å²) in [5.41, 5.74) is 1.93. The molecule has 2 N–H and O–H groups in total. The Kier molecular flexibility index (Phi) is 6.35. The number of rotatable bonds is 5. The fourth-order valence-electron chi connectivity index (χ4n) is 1.85. The van der Waals surface area contributed by atoms with Crippen molar-refractivity contribution in [2.24, 2.45) is 0 Å². The first-order chi connectivity index (χ1) is 10.2.